The van der Waals surface area contributed by atoms with Crippen LogP contribution in [0.4, 0.5) is 5.69 Å². The molecule has 1 aromatic carbocycles. The first kappa shape index (κ1) is 16.6. The second kappa shape index (κ2) is 6.99. The summed E-state index contributed by atoms with van der Waals surface area (Å²) in [4.78, 5) is 4.99. The minimum Gasteiger partial charge on any atom is -0.367 e. The first-order valence-corrected chi connectivity index (χ1v) is 8.29. The van der Waals surface area contributed by atoms with E-state index in [1.165, 1.54) is 11.3 Å². The number of anilines is 1. The SMILES string of the molecule is CCNCc1cccc(Cl)c1N1CCN(C(C)(C)C)CC1. The van der Waals surface area contributed by atoms with Gasteiger partial charge in [-0.25, -0.2) is 0 Å². The molecule has 3 nitrogen and oxygen atoms in total. The van der Waals surface area contributed by atoms with Crippen LogP contribution in [0.3, 0.4) is 0 Å². The lowest BCUT2D eigenvalue weighted by atomic mass is 10.0. The van der Waals surface area contributed by atoms with E-state index in [4.69, 9.17) is 11.6 Å². The summed E-state index contributed by atoms with van der Waals surface area (Å²) >= 11 is 6.48. The minimum absolute atomic E-state index is 0.249. The van der Waals surface area contributed by atoms with Crippen molar-refractivity contribution in [2.45, 2.75) is 39.8 Å². The lowest BCUT2D eigenvalue weighted by Crippen LogP contribution is -2.53. The number of hydrogen-bond donors (Lipinski definition) is 1. The summed E-state index contributed by atoms with van der Waals surface area (Å²) in [6, 6.07) is 6.23. The van der Waals surface area contributed by atoms with Gasteiger partial charge in [0.2, 0.25) is 0 Å². The maximum absolute atomic E-state index is 6.48. The Morgan fingerprint density at radius 1 is 1.14 bits per heavy atom. The van der Waals surface area contributed by atoms with Crippen molar-refractivity contribution in [2.75, 3.05) is 37.6 Å². The highest BCUT2D eigenvalue weighted by atomic mass is 35.5. The third kappa shape index (κ3) is 4.12. The van der Waals surface area contributed by atoms with Gasteiger partial charge in [0.25, 0.3) is 0 Å². The molecule has 0 unspecified atom stereocenters. The van der Waals surface area contributed by atoms with E-state index >= 15 is 0 Å². The van der Waals surface area contributed by atoms with Crippen molar-refractivity contribution >= 4 is 17.3 Å². The average molecular weight is 310 g/mol. The first-order valence-electron chi connectivity index (χ1n) is 7.91. The van der Waals surface area contributed by atoms with Crippen molar-refractivity contribution in [3.8, 4) is 0 Å². The molecular formula is C17H28ClN3. The molecule has 0 aromatic heterocycles. The smallest absolute Gasteiger partial charge is 0.0642 e. The maximum atomic E-state index is 6.48. The number of halogens is 1. The molecule has 2 rings (SSSR count). The van der Waals surface area contributed by atoms with Crippen molar-refractivity contribution in [1.29, 1.82) is 0 Å². The molecule has 1 aliphatic heterocycles. The van der Waals surface area contributed by atoms with Gasteiger partial charge in [-0.2, -0.15) is 0 Å². The highest BCUT2D eigenvalue weighted by molar-refractivity contribution is 6.33. The van der Waals surface area contributed by atoms with E-state index in [9.17, 15) is 0 Å². The molecule has 1 heterocycles. The zero-order chi connectivity index (χ0) is 15.5. The van der Waals surface area contributed by atoms with Crippen LogP contribution < -0.4 is 10.2 Å². The van der Waals surface area contributed by atoms with Crippen LogP contribution in [0.5, 0.6) is 0 Å². The molecule has 0 radical (unpaired) electrons. The van der Waals surface area contributed by atoms with Gasteiger partial charge in [0.15, 0.2) is 0 Å². The third-order valence-electron chi connectivity index (χ3n) is 4.18. The third-order valence-corrected chi connectivity index (χ3v) is 4.49. The number of piperazine rings is 1. The van der Waals surface area contributed by atoms with Gasteiger partial charge in [-0.15, -0.1) is 0 Å². The summed E-state index contributed by atoms with van der Waals surface area (Å²) in [7, 11) is 0. The predicted molar refractivity (Wildman–Crippen MR) is 92.4 cm³/mol. The zero-order valence-electron chi connectivity index (χ0n) is 13.7. The van der Waals surface area contributed by atoms with Crippen LogP contribution in [0.15, 0.2) is 18.2 Å². The van der Waals surface area contributed by atoms with E-state index in [-0.39, 0.29) is 5.54 Å². The van der Waals surface area contributed by atoms with Gasteiger partial charge in [0.1, 0.15) is 0 Å². The second-order valence-electron chi connectivity index (χ2n) is 6.67. The van der Waals surface area contributed by atoms with Crippen LogP contribution in [-0.2, 0) is 6.54 Å². The van der Waals surface area contributed by atoms with Gasteiger partial charge in [0, 0.05) is 38.3 Å². The van der Waals surface area contributed by atoms with Gasteiger partial charge in [-0.1, -0.05) is 30.7 Å². The van der Waals surface area contributed by atoms with E-state index in [0.29, 0.717) is 0 Å². The maximum Gasteiger partial charge on any atom is 0.0642 e. The fourth-order valence-electron chi connectivity index (χ4n) is 2.92. The molecule has 21 heavy (non-hydrogen) atoms. The Kier molecular flexibility index (Phi) is 5.53. The highest BCUT2D eigenvalue weighted by Crippen LogP contribution is 2.31. The van der Waals surface area contributed by atoms with Crippen LogP contribution in [0.1, 0.15) is 33.3 Å². The lowest BCUT2D eigenvalue weighted by molar-refractivity contribution is 0.128. The minimum atomic E-state index is 0.249. The monoisotopic (exact) mass is 309 g/mol. The molecule has 1 fully saturated rings. The predicted octanol–water partition coefficient (Wildman–Crippen LogP) is 3.37. The van der Waals surface area contributed by atoms with E-state index in [0.717, 1.165) is 44.3 Å². The van der Waals surface area contributed by atoms with E-state index in [2.05, 4.69) is 48.9 Å². The molecule has 4 heteroatoms. The average Bonchev–Trinajstić information content (AvgIpc) is 2.44. The lowest BCUT2D eigenvalue weighted by Gasteiger charge is -2.43. The van der Waals surface area contributed by atoms with Gasteiger partial charge in [-0.05, 0) is 38.9 Å². The number of para-hydroxylation sites is 1. The van der Waals surface area contributed by atoms with Crippen LogP contribution in [0.2, 0.25) is 5.02 Å². The van der Waals surface area contributed by atoms with Gasteiger partial charge in [0.05, 0.1) is 10.7 Å². The van der Waals surface area contributed by atoms with Crippen LogP contribution in [-0.4, -0.2) is 43.2 Å². The Labute approximate surface area is 134 Å². The van der Waals surface area contributed by atoms with E-state index in [1.807, 2.05) is 12.1 Å². The Balaban J connectivity index is 2.12. The van der Waals surface area contributed by atoms with Crippen molar-refractivity contribution in [1.82, 2.24) is 10.2 Å². The number of nitrogens with zero attached hydrogens (tertiary/aromatic N) is 2. The second-order valence-corrected chi connectivity index (χ2v) is 7.08. The number of rotatable bonds is 4. The number of benzene rings is 1. The molecule has 0 atom stereocenters. The Morgan fingerprint density at radius 2 is 1.81 bits per heavy atom. The van der Waals surface area contributed by atoms with E-state index < -0.39 is 0 Å². The van der Waals surface area contributed by atoms with Crippen LogP contribution in [0.25, 0.3) is 0 Å². The molecule has 118 valence electrons. The van der Waals surface area contributed by atoms with Crippen molar-refractivity contribution in [2.24, 2.45) is 0 Å². The molecule has 1 aromatic rings. The largest absolute Gasteiger partial charge is 0.367 e. The van der Waals surface area contributed by atoms with Gasteiger partial charge >= 0.3 is 0 Å². The van der Waals surface area contributed by atoms with E-state index in [1.54, 1.807) is 0 Å². The quantitative estimate of drug-likeness (QED) is 0.920. The normalized spacial score (nSPS) is 17.3. The molecule has 0 amide bonds. The summed E-state index contributed by atoms with van der Waals surface area (Å²) in [6.07, 6.45) is 0. The van der Waals surface area contributed by atoms with Gasteiger partial charge < -0.3 is 10.2 Å². The van der Waals surface area contributed by atoms with Crippen LogP contribution >= 0.6 is 11.6 Å². The van der Waals surface area contributed by atoms with Gasteiger partial charge in [-0.3, -0.25) is 4.90 Å². The topological polar surface area (TPSA) is 18.5 Å². The van der Waals surface area contributed by atoms with Crippen molar-refractivity contribution in [3.05, 3.63) is 28.8 Å². The molecule has 0 aliphatic carbocycles. The zero-order valence-corrected chi connectivity index (χ0v) is 14.5. The Hall–Kier alpha value is -0.770. The van der Waals surface area contributed by atoms with Crippen molar-refractivity contribution < 1.29 is 0 Å². The molecule has 1 aliphatic rings. The molecule has 0 bridgehead atoms. The highest BCUT2D eigenvalue weighted by Gasteiger charge is 2.27. The summed E-state index contributed by atoms with van der Waals surface area (Å²) in [5.41, 5.74) is 2.77. The number of nitrogens with one attached hydrogen (secondary N) is 1. The fraction of sp³-hybridized carbons (Fsp3) is 0.647. The fourth-order valence-corrected chi connectivity index (χ4v) is 3.23. The molecule has 0 spiro atoms. The summed E-state index contributed by atoms with van der Waals surface area (Å²) < 4.78 is 0. The molecular weight excluding hydrogens is 282 g/mol. The van der Waals surface area contributed by atoms with Crippen LogP contribution in [0, 0.1) is 0 Å². The van der Waals surface area contributed by atoms with Crippen molar-refractivity contribution in [3.63, 3.8) is 0 Å². The summed E-state index contributed by atoms with van der Waals surface area (Å²) in [5.74, 6) is 0. The first-order chi connectivity index (χ1) is 9.93. The molecule has 1 N–H and O–H groups in total. The molecule has 1 saturated heterocycles. The number of hydrogen-bond acceptors (Lipinski definition) is 3. The Bertz CT molecular complexity index is 460. The molecule has 0 saturated carbocycles. The standard InChI is InChI=1S/C17H28ClN3/c1-5-19-13-14-7-6-8-15(18)16(14)20-9-11-21(12-10-20)17(2,3)4/h6-8,19H,5,9-13H2,1-4H3. The summed E-state index contributed by atoms with van der Waals surface area (Å²) in [6.45, 7) is 15.1. The Morgan fingerprint density at radius 3 is 2.38 bits per heavy atom. The summed E-state index contributed by atoms with van der Waals surface area (Å²) in [5, 5.41) is 4.28.